The predicted octanol–water partition coefficient (Wildman–Crippen LogP) is 1.67. The molecule has 21 heavy (non-hydrogen) atoms. The van der Waals surface area contributed by atoms with E-state index in [0.29, 0.717) is 17.3 Å². The van der Waals surface area contributed by atoms with Gasteiger partial charge in [-0.1, -0.05) is 0 Å². The van der Waals surface area contributed by atoms with Crippen molar-refractivity contribution >= 4 is 21.3 Å². The van der Waals surface area contributed by atoms with Crippen molar-refractivity contribution in [3.05, 3.63) is 42.4 Å². The highest BCUT2D eigenvalue weighted by Crippen LogP contribution is 2.20. The van der Waals surface area contributed by atoms with E-state index in [1.54, 1.807) is 6.07 Å². The van der Waals surface area contributed by atoms with Gasteiger partial charge in [0.05, 0.1) is 11.4 Å². The number of nitrogens with two attached hydrogens (primary N) is 1. The Hall–Kier alpha value is -2.29. The molecule has 0 bridgehead atoms. The van der Waals surface area contributed by atoms with Crippen LogP contribution < -0.4 is 11.1 Å². The molecule has 6 nitrogen and oxygen atoms in total. The Bertz CT molecular complexity index is 720. The molecule has 3 N–H and O–H groups in total. The predicted molar refractivity (Wildman–Crippen MR) is 73.4 cm³/mol. The second-order valence-corrected chi connectivity index (χ2v) is 6.00. The molecule has 2 aromatic rings. The van der Waals surface area contributed by atoms with E-state index in [4.69, 9.17) is 5.73 Å². The van der Waals surface area contributed by atoms with Gasteiger partial charge in [0.2, 0.25) is 9.84 Å². The molecule has 1 aromatic carbocycles. The van der Waals surface area contributed by atoms with E-state index in [9.17, 15) is 17.2 Å². The maximum atomic E-state index is 12.4. The van der Waals surface area contributed by atoms with Crippen molar-refractivity contribution in [1.82, 2.24) is 9.97 Å². The van der Waals surface area contributed by atoms with Gasteiger partial charge in [-0.25, -0.2) is 18.4 Å². The Morgan fingerprint density at radius 1 is 1.19 bits per heavy atom. The van der Waals surface area contributed by atoms with Crippen molar-refractivity contribution in [2.45, 2.75) is 17.2 Å². The van der Waals surface area contributed by atoms with Crippen molar-refractivity contribution in [2.75, 3.05) is 11.1 Å². The lowest BCUT2D eigenvalue weighted by Crippen LogP contribution is -2.11. The van der Waals surface area contributed by atoms with Crippen LogP contribution in [0.5, 0.6) is 0 Å². The van der Waals surface area contributed by atoms with Crippen LogP contribution in [-0.4, -0.2) is 24.1 Å². The number of halogens is 2. The van der Waals surface area contributed by atoms with Crippen LogP contribution in [0.1, 0.15) is 5.82 Å². The molecule has 0 spiro atoms. The first-order valence-electron chi connectivity index (χ1n) is 5.83. The molecule has 1 aromatic heterocycles. The van der Waals surface area contributed by atoms with Gasteiger partial charge in [-0.3, -0.25) is 0 Å². The molecule has 0 saturated heterocycles. The van der Waals surface area contributed by atoms with Gasteiger partial charge in [-0.05, 0) is 30.3 Å². The highest BCUT2D eigenvalue weighted by Gasteiger charge is 2.26. The number of rotatable bonds is 5. The van der Waals surface area contributed by atoms with Crippen LogP contribution in [0.4, 0.5) is 20.3 Å². The number of nitrogens with one attached hydrogen (secondary N) is 1. The largest absolute Gasteiger partial charge is 0.384 e. The summed E-state index contributed by atoms with van der Waals surface area (Å²) in [6.45, 7) is 0.270. The summed E-state index contributed by atoms with van der Waals surface area (Å²) < 4.78 is 47.3. The summed E-state index contributed by atoms with van der Waals surface area (Å²) in [6.07, 6.45) is 1.51. The second kappa shape index (κ2) is 6.00. The summed E-state index contributed by atoms with van der Waals surface area (Å²) in [4.78, 5) is 7.54. The zero-order valence-electron chi connectivity index (χ0n) is 10.7. The quantitative estimate of drug-likeness (QED) is 0.871. The molecule has 1 heterocycles. The molecule has 2 rings (SSSR count). The highest BCUT2D eigenvalue weighted by atomic mass is 32.2. The third-order valence-corrected chi connectivity index (χ3v) is 3.99. The van der Waals surface area contributed by atoms with Gasteiger partial charge in [0, 0.05) is 11.9 Å². The molecule has 0 aliphatic rings. The Morgan fingerprint density at radius 2 is 1.86 bits per heavy atom. The maximum Gasteiger partial charge on any atom is 0.341 e. The van der Waals surface area contributed by atoms with Crippen LogP contribution in [-0.2, 0) is 16.4 Å². The fourth-order valence-corrected chi connectivity index (χ4v) is 2.27. The molecule has 0 saturated carbocycles. The van der Waals surface area contributed by atoms with E-state index in [-0.39, 0.29) is 6.54 Å². The van der Waals surface area contributed by atoms with Gasteiger partial charge in [-0.15, -0.1) is 0 Å². The summed E-state index contributed by atoms with van der Waals surface area (Å²) >= 11 is 0. The smallest absolute Gasteiger partial charge is 0.341 e. The summed E-state index contributed by atoms with van der Waals surface area (Å²) in [5, 5.41) is 2.93. The van der Waals surface area contributed by atoms with Crippen LogP contribution >= 0.6 is 0 Å². The van der Waals surface area contributed by atoms with Crippen LogP contribution in [0.15, 0.2) is 41.4 Å². The van der Waals surface area contributed by atoms with E-state index in [0.717, 1.165) is 12.1 Å². The first-order valence-corrected chi connectivity index (χ1v) is 7.37. The van der Waals surface area contributed by atoms with Crippen molar-refractivity contribution in [3.63, 3.8) is 0 Å². The van der Waals surface area contributed by atoms with Crippen molar-refractivity contribution in [1.29, 1.82) is 0 Å². The molecule has 0 radical (unpaired) electrons. The monoisotopic (exact) mass is 314 g/mol. The molecular formula is C12H12F2N4O2S. The number of hydrogen-bond donors (Lipinski definition) is 2. The molecule has 9 heteroatoms. The number of aromatic nitrogens is 2. The zero-order chi connectivity index (χ0) is 15.5. The van der Waals surface area contributed by atoms with E-state index >= 15 is 0 Å². The maximum absolute atomic E-state index is 12.4. The molecule has 0 aliphatic heterocycles. The summed E-state index contributed by atoms with van der Waals surface area (Å²) in [7, 11) is -4.57. The molecule has 0 amide bonds. The normalized spacial score (nSPS) is 11.6. The molecular weight excluding hydrogens is 302 g/mol. The minimum absolute atomic E-state index is 0.270. The lowest BCUT2D eigenvalue weighted by atomic mass is 10.3. The summed E-state index contributed by atoms with van der Waals surface area (Å²) in [6, 6.07) is 6.56. The zero-order valence-corrected chi connectivity index (χ0v) is 11.5. The molecule has 112 valence electrons. The fourth-order valence-electron chi connectivity index (χ4n) is 1.55. The van der Waals surface area contributed by atoms with Gasteiger partial charge in [0.15, 0.2) is 0 Å². The first kappa shape index (κ1) is 15.1. The summed E-state index contributed by atoms with van der Waals surface area (Å²) in [5.41, 5.74) is 6.06. The topological polar surface area (TPSA) is 98.0 Å². The fraction of sp³-hybridized carbons (Fsp3) is 0.167. The van der Waals surface area contributed by atoms with Crippen molar-refractivity contribution in [3.8, 4) is 0 Å². The number of anilines is 2. The van der Waals surface area contributed by atoms with Crippen LogP contribution in [0.3, 0.4) is 0 Å². The molecule has 0 aliphatic carbocycles. The van der Waals surface area contributed by atoms with Gasteiger partial charge < -0.3 is 11.1 Å². The number of sulfone groups is 1. The standard InChI is InChI=1S/C12H12F2N4O2S/c13-12(14)21(19,20)9-3-1-8(2-4-9)17-7-11-16-6-5-10(15)18-11/h1-6,12,17H,7H2,(H2,15,16,18). The van der Waals surface area contributed by atoms with Gasteiger partial charge in [-0.2, -0.15) is 8.78 Å². The Labute approximate surface area is 120 Å². The average molecular weight is 314 g/mol. The van der Waals surface area contributed by atoms with Crippen LogP contribution in [0.2, 0.25) is 0 Å². The highest BCUT2D eigenvalue weighted by molar-refractivity contribution is 7.91. The number of alkyl halides is 2. The minimum atomic E-state index is -4.57. The minimum Gasteiger partial charge on any atom is -0.384 e. The molecule has 0 fully saturated rings. The lowest BCUT2D eigenvalue weighted by molar-refractivity contribution is 0.234. The second-order valence-electron chi connectivity index (χ2n) is 4.08. The van der Waals surface area contributed by atoms with Gasteiger partial charge in [0.1, 0.15) is 11.6 Å². The van der Waals surface area contributed by atoms with E-state index in [1.807, 2.05) is 0 Å². The molecule has 0 atom stereocenters. The molecule has 0 unspecified atom stereocenters. The van der Waals surface area contributed by atoms with Gasteiger partial charge in [0.25, 0.3) is 0 Å². The van der Waals surface area contributed by atoms with Crippen molar-refractivity contribution < 1.29 is 17.2 Å². The number of nitrogen functional groups attached to an aromatic ring is 1. The third-order valence-electron chi connectivity index (χ3n) is 2.60. The Balaban J connectivity index is 2.07. The Kier molecular flexibility index (Phi) is 4.32. The first-order chi connectivity index (χ1) is 9.89. The summed E-state index contributed by atoms with van der Waals surface area (Å²) in [5.74, 6) is -2.64. The van der Waals surface area contributed by atoms with E-state index in [1.165, 1.54) is 18.3 Å². The van der Waals surface area contributed by atoms with E-state index < -0.39 is 20.5 Å². The van der Waals surface area contributed by atoms with Crippen LogP contribution in [0.25, 0.3) is 0 Å². The SMILES string of the molecule is Nc1ccnc(CNc2ccc(S(=O)(=O)C(F)F)cc2)n1. The van der Waals surface area contributed by atoms with E-state index in [2.05, 4.69) is 15.3 Å². The number of hydrogen-bond acceptors (Lipinski definition) is 6. The number of benzene rings is 1. The lowest BCUT2D eigenvalue weighted by Gasteiger charge is -2.07. The Morgan fingerprint density at radius 3 is 2.43 bits per heavy atom. The van der Waals surface area contributed by atoms with Crippen LogP contribution in [0, 0.1) is 0 Å². The third kappa shape index (κ3) is 3.63. The average Bonchev–Trinajstić information content (AvgIpc) is 2.45. The van der Waals surface area contributed by atoms with Gasteiger partial charge >= 0.3 is 5.76 Å². The van der Waals surface area contributed by atoms with Crippen molar-refractivity contribution in [2.24, 2.45) is 0 Å². The number of nitrogens with zero attached hydrogens (tertiary/aromatic N) is 2.